The van der Waals surface area contributed by atoms with Crippen LogP contribution in [-0.4, -0.2) is 96.3 Å². The third-order valence-corrected chi connectivity index (χ3v) is 8.62. The number of ether oxygens (including phenoxy) is 1. The molecular weight excluding hydrogens is 494 g/mol. The van der Waals surface area contributed by atoms with Gasteiger partial charge in [-0.05, 0) is 38.0 Å². The minimum atomic E-state index is -3.58. The monoisotopic (exact) mass is 523 g/mol. The first-order valence-electron chi connectivity index (χ1n) is 11.6. The van der Waals surface area contributed by atoms with Gasteiger partial charge in [-0.15, -0.1) is 10.2 Å². The van der Waals surface area contributed by atoms with Crippen LogP contribution in [0.2, 0.25) is 0 Å². The first kappa shape index (κ1) is 25.5. The van der Waals surface area contributed by atoms with Crippen LogP contribution in [0, 0.1) is 0 Å². The Morgan fingerprint density at radius 2 is 1.74 bits per heavy atom. The highest BCUT2D eigenvalue weighted by atomic mass is 32.2. The van der Waals surface area contributed by atoms with E-state index in [0.717, 1.165) is 31.0 Å². The predicted molar refractivity (Wildman–Crippen MR) is 128 cm³/mol. The van der Waals surface area contributed by atoms with Gasteiger partial charge in [-0.25, -0.2) is 13.2 Å². The molecule has 1 aromatic carbocycles. The summed E-state index contributed by atoms with van der Waals surface area (Å²) < 4.78 is 38.2. The van der Waals surface area contributed by atoms with Gasteiger partial charge in [0.05, 0.1) is 17.3 Å². The van der Waals surface area contributed by atoms with Gasteiger partial charge in [-0.3, -0.25) is 4.79 Å². The van der Waals surface area contributed by atoms with E-state index >= 15 is 0 Å². The van der Waals surface area contributed by atoms with Crippen molar-refractivity contribution in [2.75, 3.05) is 51.6 Å². The summed E-state index contributed by atoms with van der Waals surface area (Å²) in [5.74, 6) is 0.219. The molecule has 11 nitrogen and oxygen atoms in total. The Morgan fingerprint density at radius 3 is 2.46 bits per heavy atom. The van der Waals surface area contributed by atoms with Gasteiger partial charge in [0, 0.05) is 44.8 Å². The van der Waals surface area contributed by atoms with Crippen molar-refractivity contribution in [3.05, 3.63) is 24.3 Å². The maximum absolute atomic E-state index is 13.0. The number of nitrogens with zero attached hydrogens (tertiary/aromatic N) is 5. The van der Waals surface area contributed by atoms with E-state index in [1.54, 1.807) is 41.0 Å². The highest BCUT2D eigenvalue weighted by Gasteiger charge is 2.27. The van der Waals surface area contributed by atoms with Crippen LogP contribution in [0.15, 0.2) is 38.8 Å². The largest absolute Gasteiger partial charge is 0.450 e. The fourth-order valence-corrected chi connectivity index (χ4v) is 6.23. The van der Waals surface area contributed by atoms with E-state index in [1.165, 1.54) is 4.31 Å². The third-order valence-electron chi connectivity index (χ3n) is 5.92. The van der Waals surface area contributed by atoms with Crippen molar-refractivity contribution in [1.82, 2.24) is 24.3 Å². The maximum Gasteiger partial charge on any atom is 0.409 e. The summed E-state index contributed by atoms with van der Waals surface area (Å²) in [5.41, 5.74) is 0.504. The molecule has 3 heterocycles. The fourth-order valence-electron chi connectivity index (χ4n) is 4.00. The van der Waals surface area contributed by atoms with Crippen molar-refractivity contribution in [2.45, 2.75) is 36.3 Å². The van der Waals surface area contributed by atoms with E-state index in [1.807, 2.05) is 0 Å². The van der Waals surface area contributed by atoms with Gasteiger partial charge in [-0.1, -0.05) is 24.2 Å². The molecule has 2 aliphatic rings. The van der Waals surface area contributed by atoms with E-state index in [-0.39, 0.29) is 33.8 Å². The summed E-state index contributed by atoms with van der Waals surface area (Å²) in [4.78, 5) is 27.8. The number of amides is 2. The minimum absolute atomic E-state index is 0.0899. The average Bonchev–Trinajstić information content (AvgIpc) is 3.37. The molecular formula is C22H29N5O6S2. The number of piperazine rings is 1. The van der Waals surface area contributed by atoms with Crippen molar-refractivity contribution in [1.29, 1.82) is 0 Å². The third kappa shape index (κ3) is 6.14. The second-order valence-electron chi connectivity index (χ2n) is 8.22. The van der Waals surface area contributed by atoms with Crippen LogP contribution >= 0.6 is 11.8 Å². The molecule has 2 amide bonds. The molecule has 0 N–H and O–H groups in total. The molecule has 0 unspecified atom stereocenters. The van der Waals surface area contributed by atoms with Gasteiger partial charge in [0.25, 0.3) is 5.22 Å². The molecule has 0 bridgehead atoms. The van der Waals surface area contributed by atoms with Crippen LogP contribution in [-0.2, 0) is 19.6 Å². The molecule has 13 heteroatoms. The number of sulfonamides is 1. The Balaban J connectivity index is 1.33. The Labute approximate surface area is 208 Å². The normalized spacial score (nSPS) is 17.4. The number of thioether (sulfide) groups is 1. The second kappa shape index (κ2) is 11.4. The summed E-state index contributed by atoms with van der Waals surface area (Å²) in [6.07, 6.45) is 2.41. The van der Waals surface area contributed by atoms with E-state index in [2.05, 4.69) is 10.2 Å². The zero-order valence-electron chi connectivity index (χ0n) is 19.6. The molecule has 2 fully saturated rings. The smallest absolute Gasteiger partial charge is 0.409 e. The molecule has 0 atom stereocenters. The average molecular weight is 524 g/mol. The number of aromatic nitrogens is 2. The summed E-state index contributed by atoms with van der Waals surface area (Å²) in [7, 11) is -3.58. The summed E-state index contributed by atoms with van der Waals surface area (Å²) in [6.45, 7) is 4.86. The number of hydrogen-bond donors (Lipinski definition) is 0. The van der Waals surface area contributed by atoms with E-state index in [4.69, 9.17) is 9.15 Å². The fraction of sp³-hybridized carbons (Fsp3) is 0.545. The van der Waals surface area contributed by atoms with Crippen LogP contribution in [0.3, 0.4) is 0 Å². The Hall–Kier alpha value is -2.64. The molecule has 2 aliphatic heterocycles. The Kier molecular flexibility index (Phi) is 8.29. The predicted octanol–water partition coefficient (Wildman–Crippen LogP) is 2.30. The molecule has 35 heavy (non-hydrogen) atoms. The van der Waals surface area contributed by atoms with Gasteiger partial charge in [0.2, 0.25) is 21.8 Å². The minimum Gasteiger partial charge on any atom is -0.450 e. The zero-order valence-corrected chi connectivity index (χ0v) is 21.2. The van der Waals surface area contributed by atoms with Crippen molar-refractivity contribution >= 4 is 33.8 Å². The van der Waals surface area contributed by atoms with E-state index in [9.17, 15) is 18.0 Å². The molecule has 0 saturated carbocycles. The van der Waals surface area contributed by atoms with Gasteiger partial charge >= 0.3 is 6.09 Å². The first-order chi connectivity index (χ1) is 16.9. The van der Waals surface area contributed by atoms with Crippen molar-refractivity contribution in [3.63, 3.8) is 0 Å². The number of piperidine rings is 1. The molecule has 0 spiro atoms. The lowest BCUT2D eigenvalue weighted by Crippen LogP contribution is -2.51. The number of rotatable bonds is 7. The maximum atomic E-state index is 13.0. The van der Waals surface area contributed by atoms with Gasteiger partial charge in [0.1, 0.15) is 0 Å². The van der Waals surface area contributed by atoms with Gasteiger partial charge in [0.15, 0.2) is 0 Å². The Morgan fingerprint density at radius 1 is 1.03 bits per heavy atom. The quantitative estimate of drug-likeness (QED) is 0.502. The van der Waals surface area contributed by atoms with Crippen LogP contribution < -0.4 is 0 Å². The zero-order chi connectivity index (χ0) is 24.8. The van der Waals surface area contributed by atoms with Crippen LogP contribution in [0.1, 0.15) is 26.2 Å². The highest BCUT2D eigenvalue weighted by molar-refractivity contribution is 7.99. The molecule has 2 saturated heterocycles. The standard InChI is InChI=1S/C22H29N5O6S2/c1-2-32-22(29)26-13-11-25(12-14-26)19(28)16-34-21-24-23-20(33-21)17-7-6-8-18(15-17)35(30,31)27-9-4-3-5-10-27/h6-8,15H,2-5,9-14,16H2,1H3. The number of benzene rings is 1. The van der Waals surface area contributed by atoms with Crippen LogP contribution in [0.4, 0.5) is 4.79 Å². The molecule has 1 aromatic heterocycles. The van der Waals surface area contributed by atoms with E-state index < -0.39 is 10.0 Å². The van der Waals surface area contributed by atoms with Crippen molar-refractivity contribution < 1.29 is 27.2 Å². The van der Waals surface area contributed by atoms with E-state index in [0.29, 0.717) is 51.4 Å². The SMILES string of the molecule is CCOC(=O)N1CCN(C(=O)CSc2nnc(-c3cccc(S(=O)(=O)N4CCCCC4)c3)o2)CC1. The lowest BCUT2D eigenvalue weighted by molar-refractivity contribution is -0.129. The summed E-state index contributed by atoms with van der Waals surface area (Å²) >= 11 is 1.12. The summed E-state index contributed by atoms with van der Waals surface area (Å²) in [5, 5.41) is 8.25. The highest BCUT2D eigenvalue weighted by Crippen LogP contribution is 2.27. The van der Waals surface area contributed by atoms with Gasteiger partial charge in [-0.2, -0.15) is 4.31 Å². The lowest BCUT2D eigenvalue weighted by atomic mass is 10.2. The molecule has 0 aliphatic carbocycles. The summed E-state index contributed by atoms with van der Waals surface area (Å²) in [6, 6.07) is 6.48. The molecule has 190 valence electrons. The van der Waals surface area contributed by atoms with Crippen LogP contribution in [0.25, 0.3) is 11.5 Å². The number of hydrogen-bond acceptors (Lipinski definition) is 9. The van der Waals surface area contributed by atoms with Crippen molar-refractivity contribution in [3.8, 4) is 11.5 Å². The Bertz CT molecular complexity index is 1140. The van der Waals surface area contributed by atoms with Crippen LogP contribution in [0.5, 0.6) is 0 Å². The lowest BCUT2D eigenvalue weighted by Gasteiger charge is -2.33. The van der Waals surface area contributed by atoms with Gasteiger partial charge < -0.3 is 19.0 Å². The second-order valence-corrected chi connectivity index (χ2v) is 11.1. The molecule has 0 radical (unpaired) electrons. The number of carbonyl (C=O) groups is 2. The van der Waals surface area contributed by atoms with Crippen molar-refractivity contribution in [2.24, 2.45) is 0 Å². The first-order valence-corrected chi connectivity index (χ1v) is 14.1. The molecule has 4 rings (SSSR count). The number of carbonyl (C=O) groups excluding carboxylic acids is 2. The topological polar surface area (TPSA) is 126 Å². The molecule has 2 aromatic rings.